The first-order valence-electron chi connectivity index (χ1n) is 12.3. The Bertz CT molecular complexity index is 1700. The van der Waals surface area contributed by atoms with E-state index in [1.165, 1.54) is 0 Å². The van der Waals surface area contributed by atoms with Gasteiger partial charge in [0, 0.05) is 33.9 Å². The van der Waals surface area contributed by atoms with Crippen molar-refractivity contribution in [3.05, 3.63) is 118 Å². The first-order chi connectivity index (χ1) is 18.9. The normalized spacial score (nSPS) is 13.4. The van der Waals surface area contributed by atoms with Crippen molar-refractivity contribution in [1.29, 1.82) is 0 Å². The molecule has 0 radical (unpaired) electrons. The van der Waals surface area contributed by atoms with E-state index in [1.807, 2.05) is 71.6 Å². The molecule has 8 heteroatoms. The van der Waals surface area contributed by atoms with Gasteiger partial charge in [0.1, 0.15) is 17.5 Å². The zero-order valence-corrected chi connectivity index (χ0v) is 21.7. The molecule has 0 fully saturated rings. The Morgan fingerprint density at radius 2 is 1.74 bits per heavy atom. The third-order valence-corrected chi connectivity index (χ3v) is 7.23. The molecule has 1 aromatic heterocycles. The fourth-order valence-electron chi connectivity index (χ4n) is 5.21. The van der Waals surface area contributed by atoms with Crippen molar-refractivity contribution >= 4 is 34.5 Å². The Morgan fingerprint density at radius 3 is 2.49 bits per heavy atom. The highest BCUT2D eigenvalue weighted by molar-refractivity contribution is 6.30. The second kappa shape index (κ2) is 9.85. The number of aromatic nitrogens is 1. The van der Waals surface area contributed by atoms with Gasteiger partial charge in [-0.2, -0.15) is 0 Å². The zero-order chi connectivity index (χ0) is 27.1. The van der Waals surface area contributed by atoms with E-state index in [1.54, 1.807) is 25.3 Å². The Kier molecular flexibility index (Phi) is 6.21. The van der Waals surface area contributed by atoms with E-state index in [0.717, 1.165) is 38.9 Å². The lowest BCUT2D eigenvalue weighted by atomic mass is 10.00. The molecule has 6 rings (SSSR count). The molecule has 0 spiro atoms. The van der Waals surface area contributed by atoms with Crippen LogP contribution in [0.25, 0.3) is 22.0 Å². The number of ether oxygens (including phenoxy) is 2. The smallest absolute Gasteiger partial charge is 0.409 e. The number of para-hydroxylation sites is 1. The van der Waals surface area contributed by atoms with Crippen LogP contribution in [0.15, 0.2) is 91.0 Å². The molecule has 7 nitrogen and oxygen atoms in total. The van der Waals surface area contributed by atoms with Gasteiger partial charge in [-0.15, -0.1) is 0 Å². The van der Waals surface area contributed by atoms with Crippen LogP contribution in [0.5, 0.6) is 11.5 Å². The molecular formula is C31H24ClN3O4. The van der Waals surface area contributed by atoms with Crippen molar-refractivity contribution in [2.24, 2.45) is 5.73 Å². The molecule has 1 aliphatic rings. The van der Waals surface area contributed by atoms with Gasteiger partial charge >= 0.3 is 6.09 Å². The number of primary amides is 1. The molecule has 5 aromatic rings. The summed E-state index contributed by atoms with van der Waals surface area (Å²) >= 11 is 6.44. The van der Waals surface area contributed by atoms with Crippen LogP contribution in [0, 0.1) is 0 Å². The Hall–Kier alpha value is -4.75. The lowest BCUT2D eigenvalue weighted by Gasteiger charge is -2.29. The summed E-state index contributed by atoms with van der Waals surface area (Å²) in [6, 6.07) is 27.9. The number of halogens is 1. The molecule has 194 valence electrons. The number of carbonyl (C=O) groups excluding carboxylic acids is 2. The number of hydrogen-bond acceptors (Lipinski definition) is 4. The Labute approximate surface area is 229 Å². The summed E-state index contributed by atoms with van der Waals surface area (Å²) < 4.78 is 10.6. The zero-order valence-electron chi connectivity index (χ0n) is 21.0. The maximum atomic E-state index is 14.0. The van der Waals surface area contributed by atoms with Crippen molar-refractivity contribution in [3.63, 3.8) is 0 Å². The summed E-state index contributed by atoms with van der Waals surface area (Å²) in [4.78, 5) is 30.4. The Balaban J connectivity index is 1.40. The summed E-state index contributed by atoms with van der Waals surface area (Å²) in [5, 5.41) is 1.61. The number of fused-ring (bicyclic) bond motifs is 2. The fourth-order valence-corrected chi connectivity index (χ4v) is 5.39. The molecule has 39 heavy (non-hydrogen) atoms. The average Bonchev–Trinajstić information content (AvgIpc) is 3.50. The molecular weight excluding hydrogens is 514 g/mol. The number of carbonyl (C=O) groups is 2. The molecule has 4 aromatic carbocycles. The van der Waals surface area contributed by atoms with E-state index in [2.05, 4.69) is 11.1 Å². The highest BCUT2D eigenvalue weighted by Gasteiger charge is 2.37. The fraction of sp³-hybridized carbons (Fsp3) is 0.0968. The average molecular weight is 538 g/mol. The van der Waals surface area contributed by atoms with Crippen LogP contribution < -0.4 is 15.2 Å². The third-order valence-electron chi connectivity index (χ3n) is 6.99. The lowest BCUT2D eigenvalue weighted by Crippen LogP contribution is -2.30. The maximum Gasteiger partial charge on any atom is 0.409 e. The molecule has 0 saturated carbocycles. The highest BCUT2D eigenvalue weighted by Crippen LogP contribution is 2.41. The summed E-state index contributed by atoms with van der Waals surface area (Å²) in [5.74, 6) is 0.906. The van der Waals surface area contributed by atoms with Crippen LogP contribution >= 0.6 is 11.6 Å². The molecule has 0 bridgehead atoms. The first-order valence-corrected chi connectivity index (χ1v) is 12.7. The topological polar surface area (TPSA) is 97.6 Å². The number of aromatic amines is 1. The van der Waals surface area contributed by atoms with Crippen LogP contribution in [0.2, 0.25) is 5.02 Å². The van der Waals surface area contributed by atoms with Gasteiger partial charge in [-0.1, -0.05) is 54.1 Å². The molecule has 3 N–H and O–H groups in total. The predicted molar refractivity (Wildman–Crippen MR) is 150 cm³/mol. The monoisotopic (exact) mass is 537 g/mol. The van der Waals surface area contributed by atoms with Gasteiger partial charge in [0.15, 0.2) is 0 Å². The molecule has 1 aliphatic heterocycles. The lowest BCUT2D eigenvalue weighted by molar-refractivity contribution is 0.0726. The van der Waals surface area contributed by atoms with E-state index < -0.39 is 12.1 Å². The SMILES string of the molecule is COc1ccc(Cl)cc1C(c1cc2ccccc2[nH]1)N1Cc2ccc(-c3ccc(OC(N)=O)cc3)cc2C1=O. The van der Waals surface area contributed by atoms with Crippen molar-refractivity contribution in [1.82, 2.24) is 9.88 Å². The summed E-state index contributed by atoms with van der Waals surface area (Å²) in [6.45, 7) is 0.426. The van der Waals surface area contributed by atoms with Crippen LogP contribution in [0.4, 0.5) is 4.79 Å². The van der Waals surface area contributed by atoms with Crippen LogP contribution in [0.1, 0.15) is 33.2 Å². The van der Waals surface area contributed by atoms with Crippen molar-refractivity contribution in [3.8, 4) is 22.6 Å². The summed E-state index contributed by atoms with van der Waals surface area (Å²) in [7, 11) is 1.61. The van der Waals surface area contributed by atoms with E-state index >= 15 is 0 Å². The number of benzene rings is 4. The number of nitrogens with two attached hydrogens (primary N) is 1. The van der Waals surface area contributed by atoms with E-state index in [4.69, 9.17) is 26.8 Å². The number of rotatable bonds is 6. The number of amides is 2. The minimum absolute atomic E-state index is 0.0915. The van der Waals surface area contributed by atoms with Gasteiger partial charge in [-0.05, 0) is 70.6 Å². The van der Waals surface area contributed by atoms with Crippen molar-refractivity contribution in [2.45, 2.75) is 12.6 Å². The molecule has 0 saturated heterocycles. The summed E-state index contributed by atoms with van der Waals surface area (Å²) in [6.07, 6.45) is -0.869. The minimum atomic E-state index is -0.869. The van der Waals surface area contributed by atoms with Gasteiger partial charge < -0.3 is 25.1 Å². The van der Waals surface area contributed by atoms with E-state index in [0.29, 0.717) is 28.6 Å². The van der Waals surface area contributed by atoms with Crippen molar-refractivity contribution in [2.75, 3.05) is 7.11 Å². The molecule has 2 heterocycles. The predicted octanol–water partition coefficient (Wildman–Crippen LogP) is 6.70. The van der Waals surface area contributed by atoms with Crippen LogP contribution in [0.3, 0.4) is 0 Å². The number of nitrogens with one attached hydrogen (secondary N) is 1. The minimum Gasteiger partial charge on any atom is -0.496 e. The second-order valence-corrected chi connectivity index (χ2v) is 9.79. The number of nitrogens with zero attached hydrogens (tertiary/aromatic N) is 1. The molecule has 1 unspecified atom stereocenters. The quantitative estimate of drug-likeness (QED) is 0.252. The standard InChI is InChI=1S/C31H24ClN3O4/c1-38-28-13-10-22(32)16-25(28)29(27-15-20-4-2-3-5-26(20)34-27)35-17-21-7-6-19(14-24(21)30(35)36)18-8-11-23(12-9-18)39-31(33)37/h2-16,29,34H,17H2,1H3,(H2,33,37). The molecule has 0 aliphatic carbocycles. The highest BCUT2D eigenvalue weighted by atomic mass is 35.5. The number of methoxy groups -OCH3 is 1. The van der Waals surface area contributed by atoms with Gasteiger partial charge in [0.05, 0.1) is 7.11 Å². The maximum absolute atomic E-state index is 14.0. The second-order valence-electron chi connectivity index (χ2n) is 9.35. The Morgan fingerprint density at radius 1 is 0.974 bits per heavy atom. The van der Waals surface area contributed by atoms with Crippen LogP contribution in [-0.4, -0.2) is 29.0 Å². The number of H-pyrrole nitrogens is 1. The molecule has 1 atom stereocenters. The van der Waals surface area contributed by atoms with E-state index in [9.17, 15) is 9.59 Å². The van der Waals surface area contributed by atoms with Crippen molar-refractivity contribution < 1.29 is 19.1 Å². The van der Waals surface area contributed by atoms with E-state index in [-0.39, 0.29) is 5.91 Å². The van der Waals surface area contributed by atoms with Gasteiger partial charge in [0.2, 0.25) is 0 Å². The van der Waals surface area contributed by atoms with Gasteiger partial charge in [-0.3, -0.25) is 4.79 Å². The van der Waals surface area contributed by atoms with Gasteiger partial charge in [-0.25, -0.2) is 4.79 Å². The largest absolute Gasteiger partial charge is 0.496 e. The van der Waals surface area contributed by atoms with Gasteiger partial charge in [0.25, 0.3) is 5.91 Å². The van der Waals surface area contributed by atoms with Crippen LogP contribution in [-0.2, 0) is 6.54 Å². The first kappa shape index (κ1) is 24.6. The third kappa shape index (κ3) is 4.57. The number of hydrogen-bond donors (Lipinski definition) is 2. The molecule has 2 amide bonds. The summed E-state index contributed by atoms with van der Waals surface area (Å²) in [5.41, 5.74) is 11.1.